The second kappa shape index (κ2) is 6.58. The van der Waals surface area contributed by atoms with E-state index < -0.39 is 11.5 Å². The monoisotopic (exact) mass is 381 g/mol. The average Bonchev–Trinajstić information content (AvgIpc) is 3.40. The summed E-state index contributed by atoms with van der Waals surface area (Å²) in [5, 5.41) is 0. The van der Waals surface area contributed by atoms with Crippen molar-refractivity contribution >= 4 is 11.6 Å². The maximum atomic E-state index is 13.3. The minimum absolute atomic E-state index is 0.192. The van der Waals surface area contributed by atoms with Crippen LogP contribution in [-0.4, -0.2) is 66.7 Å². The Hall–Kier alpha value is -1.96. The van der Waals surface area contributed by atoms with Crippen molar-refractivity contribution in [2.45, 2.75) is 38.2 Å². The summed E-state index contributed by atoms with van der Waals surface area (Å²) in [6.45, 7) is 5.15. The van der Waals surface area contributed by atoms with Gasteiger partial charge in [-0.3, -0.25) is 4.79 Å². The zero-order chi connectivity index (χ0) is 19.2. The normalized spacial score (nSPS) is 23.7. The maximum Gasteiger partial charge on any atom is 0.282 e. The maximum absolute atomic E-state index is 13.3. The number of halogens is 2. The van der Waals surface area contributed by atoms with E-state index in [0.717, 1.165) is 12.8 Å². The molecular weight excluding hydrogens is 356 g/mol. The molecule has 1 aromatic rings. The predicted octanol–water partition coefficient (Wildman–Crippen LogP) is 2.58. The highest BCUT2D eigenvalue weighted by Crippen LogP contribution is 2.38. The molecule has 3 aliphatic rings. The number of pyridine rings is 1. The first-order valence-corrected chi connectivity index (χ1v) is 9.42. The van der Waals surface area contributed by atoms with Gasteiger partial charge >= 0.3 is 0 Å². The number of rotatable bonds is 5. The van der Waals surface area contributed by atoms with Gasteiger partial charge in [0.15, 0.2) is 0 Å². The van der Waals surface area contributed by atoms with Gasteiger partial charge in [-0.1, -0.05) is 0 Å². The Morgan fingerprint density at radius 1 is 1.30 bits per heavy atom. The predicted molar refractivity (Wildman–Crippen MR) is 95.6 cm³/mol. The lowest BCUT2D eigenvalue weighted by Gasteiger charge is -2.40. The van der Waals surface area contributed by atoms with Crippen LogP contribution in [-0.2, 0) is 4.74 Å². The minimum atomic E-state index is -2.68. The number of carbonyl (C=O) groups is 1. The number of aromatic nitrogens is 1. The van der Waals surface area contributed by atoms with E-state index >= 15 is 0 Å². The summed E-state index contributed by atoms with van der Waals surface area (Å²) in [5.41, 5.74) is 0.400. The van der Waals surface area contributed by atoms with E-state index in [4.69, 9.17) is 9.47 Å². The number of hydrogen-bond donors (Lipinski definition) is 0. The fourth-order valence-electron chi connectivity index (χ4n) is 3.41. The quantitative estimate of drug-likeness (QED) is 0.785. The van der Waals surface area contributed by atoms with E-state index in [-0.39, 0.29) is 30.6 Å². The van der Waals surface area contributed by atoms with E-state index in [2.05, 4.69) is 4.98 Å². The number of hydrogen-bond acceptors (Lipinski definition) is 5. The van der Waals surface area contributed by atoms with Crippen LogP contribution in [0.1, 0.15) is 37.2 Å². The molecule has 3 fully saturated rings. The lowest BCUT2D eigenvalue weighted by molar-refractivity contribution is -0.0765. The Morgan fingerprint density at radius 2 is 2.04 bits per heavy atom. The van der Waals surface area contributed by atoms with Crippen LogP contribution < -0.4 is 9.64 Å². The van der Waals surface area contributed by atoms with Crippen LogP contribution in [0.4, 0.5) is 14.5 Å². The Labute approximate surface area is 157 Å². The van der Waals surface area contributed by atoms with Crippen LogP contribution in [0.3, 0.4) is 0 Å². The van der Waals surface area contributed by atoms with Gasteiger partial charge in [0, 0.05) is 13.1 Å². The summed E-state index contributed by atoms with van der Waals surface area (Å²) < 4.78 is 38.0. The third-order valence-corrected chi connectivity index (χ3v) is 5.11. The molecule has 1 aromatic heterocycles. The second-order valence-corrected chi connectivity index (χ2v) is 8.32. The average molecular weight is 381 g/mol. The molecule has 4 rings (SSSR count). The molecule has 1 amide bonds. The molecule has 8 heteroatoms. The third-order valence-electron chi connectivity index (χ3n) is 5.11. The van der Waals surface area contributed by atoms with Crippen molar-refractivity contribution < 1.29 is 23.0 Å². The molecule has 2 aliphatic heterocycles. The molecular formula is C19H25F2N3O3. The molecule has 0 bridgehead atoms. The van der Waals surface area contributed by atoms with Crippen LogP contribution in [0.5, 0.6) is 5.88 Å². The molecule has 148 valence electrons. The summed E-state index contributed by atoms with van der Waals surface area (Å²) in [6.07, 6.45) is 2.22. The molecule has 0 aromatic carbocycles. The lowest BCUT2D eigenvalue weighted by atomic mass is 10.1. The molecule has 3 heterocycles. The third kappa shape index (κ3) is 4.15. The van der Waals surface area contributed by atoms with E-state index in [9.17, 15) is 13.6 Å². The summed E-state index contributed by atoms with van der Waals surface area (Å²) in [5.74, 6) is -2.10. The molecule has 0 spiro atoms. The Kier molecular flexibility index (Phi) is 4.49. The SMILES string of the molecule is CC1(C)CN(C(=O)c2ccc(N3CC(F)(F)C3)c(OCC3CC3)n2)CCO1. The Bertz CT molecular complexity index is 729. The number of alkyl halides is 2. The molecule has 6 nitrogen and oxygen atoms in total. The summed E-state index contributed by atoms with van der Waals surface area (Å²) in [4.78, 5) is 20.5. The smallest absolute Gasteiger partial charge is 0.282 e. The summed E-state index contributed by atoms with van der Waals surface area (Å²) in [6, 6.07) is 3.27. The highest BCUT2D eigenvalue weighted by atomic mass is 19.3. The van der Waals surface area contributed by atoms with Crippen molar-refractivity contribution in [2.24, 2.45) is 5.92 Å². The molecule has 1 aliphatic carbocycles. The van der Waals surface area contributed by atoms with Gasteiger partial charge in [-0.25, -0.2) is 13.8 Å². The van der Waals surface area contributed by atoms with Crippen LogP contribution >= 0.6 is 0 Å². The summed E-state index contributed by atoms with van der Waals surface area (Å²) in [7, 11) is 0. The number of morpholine rings is 1. The van der Waals surface area contributed by atoms with Gasteiger partial charge in [0.2, 0.25) is 5.88 Å². The van der Waals surface area contributed by atoms with E-state index in [1.807, 2.05) is 13.8 Å². The molecule has 0 unspecified atom stereocenters. The number of carbonyl (C=O) groups excluding carboxylic acids is 1. The van der Waals surface area contributed by atoms with E-state index in [1.54, 1.807) is 21.9 Å². The molecule has 0 radical (unpaired) electrons. The molecule has 1 saturated carbocycles. The highest BCUT2D eigenvalue weighted by Gasteiger charge is 2.45. The van der Waals surface area contributed by atoms with Crippen LogP contribution in [0.25, 0.3) is 0 Å². The number of ether oxygens (including phenoxy) is 2. The number of anilines is 1. The molecule has 0 atom stereocenters. The second-order valence-electron chi connectivity index (χ2n) is 8.32. The van der Waals surface area contributed by atoms with Crippen molar-refractivity contribution in [1.29, 1.82) is 0 Å². The van der Waals surface area contributed by atoms with Gasteiger partial charge in [-0.05, 0) is 44.7 Å². The minimum Gasteiger partial charge on any atom is -0.476 e. The van der Waals surface area contributed by atoms with Gasteiger partial charge < -0.3 is 19.3 Å². The van der Waals surface area contributed by atoms with Crippen LogP contribution in [0.2, 0.25) is 0 Å². The standard InChI is InChI=1S/C19H25F2N3O3/c1-18(2)10-23(7-8-27-18)17(25)14-5-6-15(24-11-19(20,21)12-24)16(22-14)26-9-13-3-4-13/h5-6,13H,3-4,7-12H2,1-2H3. The van der Waals surface area contributed by atoms with Gasteiger partial charge in [-0.2, -0.15) is 0 Å². The Morgan fingerprint density at radius 3 is 2.67 bits per heavy atom. The van der Waals surface area contributed by atoms with Gasteiger partial charge in [0.25, 0.3) is 11.8 Å². The molecule has 27 heavy (non-hydrogen) atoms. The zero-order valence-electron chi connectivity index (χ0n) is 15.7. The van der Waals surface area contributed by atoms with Crippen LogP contribution in [0.15, 0.2) is 12.1 Å². The molecule has 2 saturated heterocycles. The van der Waals surface area contributed by atoms with Crippen molar-refractivity contribution in [3.8, 4) is 5.88 Å². The number of amides is 1. The Balaban J connectivity index is 1.54. The van der Waals surface area contributed by atoms with Crippen molar-refractivity contribution in [1.82, 2.24) is 9.88 Å². The fourth-order valence-corrected chi connectivity index (χ4v) is 3.41. The van der Waals surface area contributed by atoms with Gasteiger partial charge in [0.1, 0.15) is 11.4 Å². The van der Waals surface area contributed by atoms with E-state index in [1.165, 1.54) is 0 Å². The van der Waals surface area contributed by atoms with Crippen molar-refractivity contribution in [3.63, 3.8) is 0 Å². The first-order valence-electron chi connectivity index (χ1n) is 9.42. The lowest BCUT2D eigenvalue weighted by Crippen LogP contribution is -2.56. The topological polar surface area (TPSA) is 54.9 Å². The van der Waals surface area contributed by atoms with Crippen molar-refractivity contribution in [2.75, 3.05) is 44.3 Å². The largest absolute Gasteiger partial charge is 0.476 e. The van der Waals surface area contributed by atoms with Gasteiger partial charge in [-0.15, -0.1) is 0 Å². The summed E-state index contributed by atoms with van der Waals surface area (Å²) >= 11 is 0. The van der Waals surface area contributed by atoms with Gasteiger partial charge in [0.05, 0.1) is 31.9 Å². The van der Waals surface area contributed by atoms with Crippen molar-refractivity contribution in [3.05, 3.63) is 17.8 Å². The number of nitrogens with zero attached hydrogens (tertiary/aromatic N) is 3. The molecule has 0 N–H and O–H groups in total. The van der Waals surface area contributed by atoms with E-state index in [0.29, 0.717) is 37.9 Å². The van der Waals surface area contributed by atoms with Crippen LogP contribution in [0, 0.1) is 5.92 Å². The first kappa shape index (κ1) is 18.4. The zero-order valence-corrected chi connectivity index (χ0v) is 15.7. The first-order chi connectivity index (χ1) is 12.7. The fraction of sp³-hybridized carbons (Fsp3) is 0.684. The highest BCUT2D eigenvalue weighted by molar-refractivity contribution is 5.93.